The third kappa shape index (κ3) is 4.32. The van der Waals surface area contributed by atoms with Gasteiger partial charge in [0.15, 0.2) is 11.5 Å². The lowest BCUT2D eigenvalue weighted by Crippen LogP contribution is -2.35. The summed E-state index contributed by atoms with van der Waals surface area (Å²) in [6.45, 7) is 0.448. The maximum Gasteiger partial charge on any atom is 0.243 e. The van der Waals surface area contributed by atoms with E-state index in [4.69, 9.17) is 14.2 Å². The van der Waals surface area contributed by atoms with Crippen LogP contribution in [-0.2, 0) is 14.8 Å². The highest BCUT2D eigenvalue weighted by molar-refractivity contribution is 7.89. The normalized spacial score (nSPS) is 13.3. The molecule has 9 heteroatoms. The van der Waals surface area contributed by atoms with E-state index in [2.05, 4.69) is 5.32 Å². The molecule has 8 nitrogen and oxygen atoms in total. The fraction of sp³-hybridized carbons (Fsp3) is 0.278. The molecule has 0 atom stereocenters. The van der Waals surface area contributed by atoms with Gasteiger partial charge in [-0.2, -0.15) is 4.31 Å². The molecule has 1 aliphatic rings. The standard InChI is InChI=1S/C18H20N2O6S/c1-20(12-18(21)19-13-3-5-14(24-2)6-4-13)27(22,23)15-7-8-16-17(11-15)26-10-9-25-16/h3-8,11H,9-10,12H2,1-2H3,(H,19,21). The number of hydrogen-bond donors (Lipinski definition) is 1. The number of carbonyl (C=O) groups excluding carboxylic acids is 1. The molecule has 1 heterocycles. The second kappa shape index (κ2) is 7.85. The minimum absolute atomic E-state index is 0.0338. The molecule has 1 aliphatic heterocycles. The average molecular weight is 392 g/mol. The largest absolute Gasteiger partial charge is 0.497 e. The maximum absolute atomic E-state index is 12.7. The van der Waals surface area contributed by atoms with Crippen LogP contribution in [0.3, 0.4) is 0 Å². The molecule has 0 saturated heterocycles. The third-order valence-corrected chi connectivity index (χ3v) is 5.76. The molecular formula is C18H20N2O6S. The number of benzene rings is 2. The first-order valence-corrected chi connectivity index (χ1v) is 9.64. The van der Waals surface area contributed by atoms with Crippen molar-refractivity contribution >= 4 is 21.6 Å². The molecule has 0 fully saturated rings. The molecule has 1 N–H and O–H groups in total. The fourth-order valence-corrected chi connectivity index (χ4v) is 3.67. The number of nitrogens with zero attached hydrogens (tertiary/aromatic N) is 1. The molecule has 0 bridgehead atoms. The topological polar surface area (TPSA) is 94.2 Å². The van der Waals surface area contributed by atoms with E-state index in [-0.39, 0.29) is 11.4 Å². The lowest BCUT2D eigenvalue weighted by Gasteiger charge is -2.21. The molecule has 27 heavy (non-hydrogen) atoms. The Labute approximate surface area is 157 Å². The summed E-state index contributed by atoms with van der Waals surface area (Å²) in [7, 11) is -0.960. The van der Waals surface area contributed by atoms with E-state index in [1.165, 1.54) is 19.2 Å². The van der Waals surface area contributed by atoms with Crippen molar-refractivity contribution in [2.75, 3.05) is 39.2 Å². The van der Waals surface area contributed by atoms with Crippen LogP contribution >= 0.6 is 0 Å². The summed E-state index contributed by atoms with van der Waals surface area (Å²) >= 11 is 0. The van der Waals surface area contributed by atoms with Gasteiger partial charge in [-0.1, -0.05) is 0 Å². The Hall–Kier alpha value is -2.78. The van der Waals surface area contributed by atoms with Crippen molar-refractivity contribution in [3.8, 4) is 17.2 Å². The van der Waals surface area contributed by atoms with Crippen LogP contribution in [0.5, 0.6) is 17.2 Å². The minimum atomic E-state index is -3.85. The Morgan fingerprint density at radius 1 is 1.11 bits per heavy atom. The van der Waals surface area contributed by atoms with Crippen molar-refractivity contribution in [3.63, 3.8) is 0 Å². The van der Waals surface area contributed by atoms with Crippen molar-refractivity contribution in [2.45, 2.75) is 4.90 Å². The van der Waals surface area contributed by atoms with E-state index in [0.29, 0.717) is 36.1 Å². The zero-order chi connectivity index (χ0) is 19.4. The number of anilines is 1. The number of sulfonamides is 1. The number of ether oxygens (including phenoxy) is 3. The number of nitrogens with one attached hydrogen (secondary N) is 1. The van der Waals surface area contributed by atoms with Crippen LogP contribution in [-0.4, -0.2) is 52.5 Å². The van der Waals surface area contributed by atoms with Gasteiger partial charge in [-0.3, -0.25) is 4.79 Å². The zero-order valence-corrected chi connectivity index (χ0v) is 15.8. The summed E-state index contributed by atoms with van der Waals surface area (Å²) < 4.78 is 42.3. The van der Waals surface area contributed by atoms with Crippen molar-refractivity contribution in [1.29, 1.82) is 0 Å². The summed E-state index contributed by atoms with van der Waals surface area (Å²) in [5.41, 5.74) is 0.547. The molecule has 1 amide bonds. The van der Waals surface area contributed by atoms with E-state index in [0.717, 1.165) is 4.31 Å². The number of methoxy groups -OCH3 is 1. The van der Waals surface area contributed by atoms with E-state index in [9.17, 15) is 13.2 Å². The summed E-state index contributed by atoms with van der Waals surface area (Å²) in [5, 5.41) is 2.65. The second-order valence-electron chi connectivity index (χ2n) is 5.84. The first-order valence-electron chi connectivity index (χ1n) is 8.20. The predicted molar refractivity (Wildman–Crippen MR) is 98.9 cm³/mol. The molecule has 0 saturated carbocycles. The smallest absolute Gasteiger partial charge is 0.243 e. The number of carbonyl (C=O) groups is 1. The Morgan fingerprint density at radius 3 is 2.44 bits per heavy atom. The van der Waals surface area contributed by atoms with Crippen molar-refractivity contribution in [1.82, 2.24) is 4.31 Å². The van der Waals surface area contributed by atoms with Gasteiger partial charge in [-0.25, -0.2) is 8.42 Å². The Morgan fingerprint density at radius 2 is 1.78 bits per heavy atom. The summed E-state index contributed by atoms with van der Waals surface area (Å²) in [5.74, 6) is 1.08. The van der Waals surface area contributed by atoms with E-state index in [1.807, 2.05) is 0 Å². The highest BCUT2D eigenvalue weighted by Gasteiger charge is 2.25. The van der Waals surface area contributed by atoms with E-state index < -0.39 is 15.9 Å². The van der Waals surface area contributed by atoms with Crippen LogP contribution in [0.25, 0.3) is 0 Å². The van der Waals surface area contributed by atoms with Gasteiger partial charge in [0.25, 0.3) is 0 Å². The number of hydrogen-bond acceptors (Lipinski definition) is 6. The maximum atomic E-state index is 12.7. The predicted octanol–water partition coefficient (Wildman–Crippen LogP) is 1.73. The van der Waals surface area contributed by atoms with Crippen LogP contribution in [0.4, 0.5) is 5.69 Å². The van der Waals surface area contributed by atoms with Gasteiger partial charge in [0.05, 0.1) is 18.6 Å². The summed E-state index contributed by atoms with van der Waals surface area (Å²) in [4.78, 5) is 12.2. The van der Waals surface area contributed by atoms with Gasteiger partial charge in [0.2, 0.25) is 15.9 Å². The molecular weight excluding hydrogens is 372 g/mol. The molecule has 2 aromatic rings. The van der Waals surface area contributed by atoms with Crippen LogP contribution < -0.4 is 19.5 Å². The van der Waals surface area contributed by atoms with E-state index >= 15 is 0 Å². The van der Waals surface area contributed by atoms with Gasteiger partial charge in [0.1, 0.15) is 19.0 Å². The van der Waals surface area contributed by atoms with Crippen LogP contribution in [0, 0.1) is 0 Å². The number of rotatable bonds is 6. The van der Waals surface area contributed by atoms with Gasteiger partial charge in [-0.05, 0) is 36.4 Å². The van der Waals surface area contributed by atoms with Crippen molar-refractivity contribution in [2.24, 2.45) is 0 Å². The Balaban J connectivity index is 1.68. The van der Waals surface area contributed by atoms with Gasteiger partial charge in [-0.15, -0.1) is 0 Å². The first kappa shape index (κ1) is 19.0. The lowest BCUT2D eigenvalue weighted by molar-refractivity contribution is -0.116. The highest BCUT2D eigenvalue weighted by Crippen LogP contribution is 2.32. The third-order valence-electron chi connectivity index (χ3n) is 3.96. The molecule has 0 aliphatic carbocycles. The van der Waals surface area contributed by atoms with Crippen LogP contribution in [0.15, 0.2) is 47.4 Å². The molecule has 144 valence electrons. The van der Waals surface area contributed by atoms with Crippen LogP contribution in [0.2, 0.25) is 0 Å². The van der Waals surface area contributed by atoms with Crippen LogP contribution in [0.1, 0.15) is 0 Å². The fourth-order valence-electron chi connectivity index (χ4n) is 2.53. The quantitative estimate of drug-likeness (QED) is 0.805. The second-order valence-corrected chi connectivity index (χ2v) is 7.89. The lowest BCUT2D eigenvalue weighted by atomic mass is 10.3. The summed E-state index contributed by atoms with van der Waals surface area (Å²) in [6.07, 6.45) is 0. The van der Waals surface area contributed by atoms with E-state index in [1.54, 1.807) is 37.4 Å². The zero-order valence-electron chi connectivity index (χ0n) is 15.0. The Kier molecular flexibility index (Phi) is 5.52. The molecule has 2 aromatic carbocycles. The number of likely N-dealkylation sites (N-methyl/N-ethyl adjacent to an activating group) is 1. The molecule has 0 unspecified atom stereocenters. The van der Waals surface area contributed by atoms with Crippen molar-refractivity contribution < 1.29 is 27.4 Å². The van der Waals surface area contributed by atoms with Crippen molar-refractivity contribution in [3.05, 3.63) is 42.5 Å². The SMILES string of the molecule is COc1ccc(NC(=O)CN(C)S(=O)(=O)c2ccc3c(c2)OCCO3)cc1. The molecule has 0 radical (unpaired) electrons. The Bertz CT molecular complexity index is 927. The number of amides is 1. The van der Waals surface area contributed by atoms with Gasteiger partial charge >= 0.3 is 0 Å². The first-order chi connectivity index (χ1) is 12.9. The number of fused-ring (bicyclic) bond motifs is 1. The average Bonchev–Trinajstić information content (AvgIpc) is 2.68. The molecule has 0 aromatic heterocycles. The molecule has 0 spiro atoms. The molecule has 3 rings (SSSR count). The minimum Gasteiger partial charge on any atom is -0.497 e. The van der Waals surface area contributed by atoms with Gasteiger partial charge in [0, 0.05) is 18.8 Å². The summed E-state index contributed by atoms with van der Waals surface area (Å²) in [6, 6.07) is 11.1. The monoisotopic (exact) mass is 392 g/mol. The highest BCUT2D eigenvalue weighted by atomic mass is 32.2. The van der Waals surface area contributed by atoms with Gasteiger partial charge < -0.3 is 19.5 Å².